The van der Waals surface area contributed by atoms with Crippen molar-refractivity contribution in [1.29, 1.82) is 0 Å². The number of aryl methyl sites for hydroxylation is 1. The molecule has 1 fully saturated rings. The number of methoxy groups -OCH3 is 1. The number of halogens is 3. The predicted octanol–water partition coefficient (Wildman–Crippen LogP) is 6.53. The Morgan fingerprint density at radius 3 is 2.60 bits per heavy atom. The third kappa shape index (κ3) is 6.29. The number of aliphatic hydroxyl groups excluding tert-OH is 1. The third-order valence-corrected chi connectivity index (χ3v) is 7.72. The molecule has 0 saturated carbocycles. The van der Waals surface area contributed by atoms with E-state index in [1.165, 1.54) is 18.3 Å². The second-order valence-corrected chi connectivity index (χ2v) is 10.0. The van der Waals surface area contributed by atoms with Crippen molar-refractivity contribution in [3.63, 3.8) is 0 Å². The first kappa shape index (κ1) is 25.8. The summed E-state index contributed by atoms with van der Waals surface area (Å²) in [6, 6.07) is 12.1. The van der Waals surface area contributed by atoms with E-state index in [-0.39, 0.29) is 17.8 Å². The maximum absolute atomic E-state index is 15.6. The van der Waals surface area contributed by atoms with Gasteiger partial charge < -0.3 is 14.7 Å². The van der Waals surface area contributed by atoms with Gasteiger partial charge in [-0.2, -0.15) is 0 Å². The minimum Gasteiger partial charge on any atom is -0.497 e. The van der Waals surface area contributed by atoms with E-state index in [1.807, 2.05) is 18.2 Å². The van der Waals surface area contributed by atoms with Gasteiger partial charge in [-0.25, -0.2) is 8.78 Å². The lowest BCUT2D eigenvalue weighted by molar-refractivity contribution is 0.0300. The number of rotatable bonds is 10. The molecule has 2 aromatic carbocycles. The average molecular weight is 503 g/mol. The molecule has 4 nitrogen and oxygen atoms in total. The number of ether oxygens (including phenoxy) is 1. The summed E-state index contributed by atoms with van der Waals surface area (Å²) in [5.74, 6) is 0.424. The van der Waals surface area contributed by atoms with Crippen LogP contribution in [0.3, 0.4) is 0 Å². The zero-order valence-electron chi connectivity index (χ0n) is 20.2. The molecule has 0 radical (unpaired) electrons. The van der Waals surface area contributed by atoms with Crippen molar-refractivity contribution >= 4 is 22.5 Å². The summed E-state index contributed by atoms with van der Waals surface area (Å²) in [6.07, 6.45) is 4.73. The van der Waals surface area contributed by atoms with E-state index in [0.717, 1.165) is 50.9 Å². The van der Waals surface area contributed by atoms with E-state index in [1.54, 1.807) is 19.2 Å². The van der Waals surface area contributed by atoms with Crippen LogP contribution in [0.1, 0.15) is 49.4 Å². The highest BCUT2D eigenvalue weighted by atomic mass is 35.5. The van der Waals surface area contributed by atoms with Crippen molar-refractivity contribution in [3.8, 4) is 5.75 Å². The predicted molar refractivity (Wildman–Crippen MR) is 136 cm³/mol. The normalized spacial score (nSPS) is 16.9. The number of pyridine rings is 1. The van der Waals surface area contributed by atoms with Gasteiger partial charge in [-0.05, 0) is 99.5 Å². The van der Waals surface area contributed by atoms with Crippen LogP contribution in [0.4, 0.5) is 8.78 Å². The lowest BCUT2D eigenvalue weighted by Crippen LogP contribution is -2.42. The Kier molecular flexibility index (Phi) is 8.58. The number of piperidine rings is 1. The van der Waals surface area contributed by atoms with Gasteiger partial charge in [-0.3, -0.25) is 4.98 Å². The van der Waals surface area contributed by atoms with E-state index in [9.17, 15) is 9.50 Å². The van der Waals surface area contributed by atoms with Gasteiger partial charge in [0.15, 0.2) is 0 Å². The second-order valence-electron chi connectivity index (χ2n) is 9.64. The van der Waals surface area contributed by atoms with Crippen molar-refractivity contribution in [2.45, 2.75) is 44.7 Å². The number of nitrogens with zero attached hydrogens (tertiary/aromatic N) is 2. The zero-order chi connectivity index (χ0) is 24.8. The fraction of sp³-hybridized carbons (Fsp3) is 0.464. The van der Waals surface area contributed by atoms with Gasteiger partial charge in [-0.1, -0.05) is 23.7 Å². The van der Waals surface area contributed by atoms with E-state index < -0.39 is 6.17 Å². The van der Waals surface area contributed by atoms with Gasteiger partial charge in [0.2, 0.25) is 0 Å². The number of alkyl halides is 1. The minimum absolute atomic E-state index is 0.0573. The van der Waals surface area contributed by atoms with Crippen LogP contribution in [0.2, 0.25) is 5.02 Å². The fourth-order valence-corrected chi connectivity index (χ4v) is 5.36. The molecule has 1 N–H and O–H groups in total. The first-order valence-electron chi connectivity index (χ1n) is 12.3. The molecule has 2 heterocycles. The molecule has 1 aliphatic heterocycles. The topological polar surface area (TPSA) is 45.6 Å². The SMILES string of the molecule is COc1ccc2ncc(Cl)c(C(F)CCC3(CO)CCN(CCCc4ccc(F)cc4)CC3)c2c1. The molecule has 1 aromatic heterocycles. The van der Waals surface area contributed by atoms with Crippen LogP contribution in [0.15, 0.2) is 48.7 Å². The number of fused-ring (bicyclic) bond motifs is 1. The van der Waals surface area contributed by atoms with Gasteiger partial charge in [0, 0.05) is 23.8 Å². The zero-order valence-corrected chi connectivity index (χ0v) is 20.9. The van der Waals surface area contributed by atoms with E-state index >= 15 is 4.39 Å². The summed E-state index contributed by atoms with van der Waals surface area (Å²) in [6.45, 7) is 2.79. The summed E-state index contributed by atoms with van der Waals surface area (Å²) in [5.41, 5.74) is 1.99. The first-order valence-corrected chi connectivity index (χ1v) is 12.6. The highest BCUT2D eigenvalue weighted by Crippen LogP contribution is 2.41. The van der Waals surface area contributed by atoms with Crippen molar-refractivity contribution < 1.29 is 18.6 Å². The van der Waals surface area contributed by atoms with Crippen molar-refractivity contribution in [2.24, 2.45) is 5.41 Å². The Hall–Kier alpha value is -2.28. The quantitative estimate of drug-likeness (QED) is 0.342. The summed E-state index contributed by atoms with van der Waals surface area (Å²) in [5, 5.41) is 11.2. The first-order chi connectivity index (χ1) is 16.9. The second kappa shape index (κ2) is 11.6. The van der Waals surface area contributed by atoms with Crippen molar-refractivity contribution in [1.82, 2.24) is 9.88 Å². The molecular formula is C28H33ClF2N2O2. The molecule has 188 valence electrons. The molecule has 1 unspecified atom stereocenters. The molecule has 7 heteroatoms. The number of aliphatic hydroxyl groups is 1. The Balaban J connectivity index is 1.33. The lowest BCUT2D eigenvalue weighted by atomic mass is 9.74. The van der Waals surface area contributed by atoms with Crippen LogP contribution >= 0.6 is 11.6 Å². The Bertz CT molecular complexity index is 1120. The van der Waals surface area contributed by atoms with Crippen LogP contribution in [0, 0.1) is 11.2 Å². The molecule has 1 aliphatic rings. The Morgan fingerprint density at radius 1 is 1.17 bits per heavy atom. The third-order valence-electron chi connectivity index (χ3n) is 7.41. The van der Waals surface area contributed by atoms with E-state index in [4.69, 9.17) is 16.3 Å². The summed E-state index contributed by atoms with van der Waals surface area (Å²) in [4.78, 5) is 6.73. The largest absolute Gasteiger partial charge is 0.497 e. The van der Waals surface area contributed by atoms with E-state index in [0.29, 0.717) is 40.1 Å². The Labute approximate surface area is 210 Å². The molecule has 0 aliphatic carbocycles. The molecule has 0 amide bonds. The summed E-state index contributed by atoms with van der Waals surface area (Å²) < 4.78 is 34.0. The maximum Gasteiger partial charge on any atom is 0.127 e. The molecule has 3 aromatic rings. The maximum atomic E-state index is 15.6. The number of hydrogen-bond donors (Lipinski definition) is 1. The minimum atomic E-state index is -1.25. The average Bonchev–Trinajstić information content (AvgIpc) is 2.89. The number of likely N-dealkylation sites (tertiary alicyclic amines) is 1. The summed E-state index contributed by atoms with van der Waals surface area (Å²) >= 11 is 6.39. The number of hydrogen-bond acceptors (Lipinski definition) is 4. The molecule has 0 spiro atoms. The van der Waals surface area contributed by atoms with Crippen LogP contribution in [0.25, 0.3) is 10.9 Å². The van der Waals surface area contributed by atoms with Gasteiger partial charge in [0.25, 0.3) is 0 Å². The smallest absolute Gasteiger partial charge is 0.127 e. The standard InChI is InChI=1S/C28H33ClF2N2O2/c1-35-22-8-9-26-23(17-22)27(24(29)18-32-26)25(31)10-11-28(19-34)12-15-33(16-13-28)14-2-3-20-4-6-21(30)7-5-20/h4-9,17-18,25,34H,2-3,10-16,19H2,1H3. The number of aromatic nitrogens is 1. The Morgan fingerprint density at radius 2 is 1.91 bits per heavy atom. The molecule has 1 atom stereocenters. The highest BCUT2D eigenvalue weighted by molar-refractivity contribution is 6.32. The van der Waals surface area contributed by atoms with Crippen LogP contribution in [-0.4, -0.2) is 48.3 Å². The van der Waals surface area contributed by atoms with Crippen LogP contribution < -0.4 is 4.74 Å². The van der Waals surface area contributed by atoms with Crippen molar-refractivity contribution in [3.05, 3.63) is 70.6 Å². The monoisotopic (exact) mass is 502 g/mol. The molecule has 4 rings (SSSR count). The van der Waals surface area contributed by atoms with Crippen LogP contribution in [0.5, 0.6) is 5.75 Å². The fourth-order valence-electron chi connectivity index (χ4n) is 5.09. The van der Waals surface area contributed by atoms with Gasteiger partial charge >= 0.3 is 0 Å². The lowest BCUT2D eigenvalue weighted by Gasteiger charge is -2.41. The molecule has 35 heavy (non-hydrogen) atoms. The molecule has 1 saturated heterocycles. The molecule has 0 bridgehead atoms. The van der Waals surface area contributed by atoms with Gasteiger partial charge in [0.1, 0.15) is 17.7 Å². The number of benzene rings is 2. The van der Waals surface area contributed by atoms with Crippen molar-refractivity contribution in [2.75, 3.05) is 33.4 Å². The van der Waals surface area contributed by atoms with E-state index in [2.05, 4.69) is 9.88 Å². The summed E-state index contributed by atoms with van der Waals surface area (Å²) in [7, 11) is 1.58. The molecular weight excluding hydrogens is 470 g/mol. The van der Waals surface area contributed by atoms with Crippen LogP contribution in [-0.2, 0) is 6.42 Å². The van der Waals surface area contributed by atoms with Gasteiger partial charge in [-0.15, -0.1) is 0 Å². The highest BCUT2D eigenvalue weighted by Gasteiger charge is 2.35. The van der Waals surface area contributed by atoms with Gasteiger partial charge in [0.05, 0.1) is 17.6 Å².